The molecule has 0 saturated heterocycles. The van der Waals surface area contributed by atoms with Crippen molar-refractivity contribution >= 4 is 45.9 Å². The number of carbonyl (C=O) groups is 1. The molecule has 0 radical (unpaired) electrons. The van der Waals surface area contributed by atoms with E-state index in [1.165, 1.54) is 24.4 Å². The van der Waals surface area contributed by atoms with Crippen LogP contribution in [0.15, 0.2) is 48.7 Å². The van der Waals surface area contributed by atoms with Crippen LogP contribution >= 0.6 is 23.2 Å². The molecule has 1 aromatic heterocycles. The van der Waals surface area contributed by atoms with Crippen LogP contribution < -0.4 is 10.1 Å². The van der Waals surface area contributed by atoms with Gasteiger partial charge in [-0.15, -0.1) is 0 Å². The van der Waals surface area contributed by atoms with Gasteiger partial charge in [-0.05, 0) is 36.4 Å². The van der Waals surface area contributed by atoms with E-state index in [1.54, 1.807) is 12.1 Å². The number of amides is 1. The van der Waals surface area contributed by atoms with Crippen LogP contribution in [-0.4, -0.2) is 11.1 Å². The van der Waals surface area contributed by atoms with Crippen molar-refractivity contribution in [2.24, 2.45) is 0 Å². The smallest absolute Gasteiger partial charge is 0.406 e. The molecular weight excluding hydrogens is 392 g/mol. The molecule has 0 bridgehead atoms. The molecule has 1 N–H and O–H groups in total. The van der Waals surface area contributed by atoms with E-state index in [0.717, 1.165) is 12.1 Å². The molecule has 0 atom stereocenters. The number of ether oxygens (including phenoxy) is 1. The summed E-state index contributed by atoms with van der Waals surface area (Å²) in [6.45, 7) is 0. The maximum absolute atomic E-state index is 12.7. The monoisotopic (exact) mass is 400 g/mol. The Kier molecular flexibility index (Phi) is 4.93. The Morgan fingerprint density at radius 1 is 1.08 bits per heavy atom. The van der Waals surface area contributed by atoms with Crippen LogP contribution in [0.4, 0.5) is 23.7 Å². The molecular formula is C17H9Cl2F3N2O2. The molecule has 1 amide bonds. The number of hydrogen-bond acceptors (Lipinski definition) is 3. The number of alkyl halides is 3. The van der Waals surface area contributed by atoms with Crippen LogP contribution in [0.25, 0.3) is 10.9 Å². The molecule has 4 nitrogen and oxygen atoms in total. The number of fused-ring (bicyclic) bond motifs is 1. The zero-order valence-corrected chi connectivity index (χ0v) is 14.3. The average molecular weight is 401 g/mol. The number of anilines is 1. The topological polar surface area (TPSA) is 51.2 Å². The van der Waals surface area contributed by atoms with E-state index in [2.05, 4.69) is 10.3 Å². The molecule has 0 saturated carbocycles. The average Bonchev–Trinajstić information content (AvgIpc) is 2.58. The molecule has 0 aliphatic heterocycles. The number of carbonyl (C=O) groups excluding carboxylic acids is 1. The SMILES string of the molecule is O=C(Nc1cccc(C(F)(F)F)c1)Oc1c(Cl)cc(Cl)c2cccnc12. The third-order valence-electron chi connectivity index (χ3n) is 3.38. The summed E-state index contributed by atoms with van der Waals surface area (Å²) in [6.07, 6.45) is -4.08. The molecule has 0 unspecified atom stereocenters. The molecule has 0 aliphatic carbocycles. The van der Waals surface area contributed by atoms with Gasteiger partial charge in [0.1, 0.15) is 5.52 Å². The molecule has 134 valence electrons. The lowest BCUT2D eigenvalue weighted by Gasteiger charge is -2.12. The van der Waals surface area contributed by atoms with E-state index >= 15 is 0 Å². The first-order valence-corrected chi connectivity index (χ1v) is 7.90. The van der Waals surface area contributed by atoms with Gasteiger partial charge >= 0.3 is 12.3 Å². The first-order valence-electron chi connectivity index (χ1n) is 7.14. The van der Waals surface area contributed by atoms with Crippen molar-refractivity contribution < 1.29 is 22.7 Å². The van der Waals surface area contributed by atoms with E-state index in [0.29, 0.717) is 10.4 Å². The Labute approximate surface area is 155 Å². The number of pyridine rings is 1. The van der Waals surface area contributed by atoms with Crippen LogP contribution in [-0.2, 0) is 6.18 Å². The summed E-state index contributed by atoms with van der Waals surface area (Å²) in [5.74, 6) is -0.0452. The molecule has 9 heteroatoms. The number of nitrogens with zero attached hydrogens (tertiary/aromatic N) is 1. The maximum atomic E-state index is 12.7. The van der Waals surface area contributed by atoms with E-state index in [-0.39, 0.29) is 22.0 Å². The van der Waals surface area contributed by atoms with E-state index in [4.69, 9.17) is 27.9 Å². The first kappa shape index (κ1) is 18.3. The summed E-state index contributed by atoms with van der Waals surface area (Å²) >= 11 is 12.1. The molecule has 2 aromatic carbocycles. The third kappa shape index (κ3) is 3.84. The second-order valence-electron chi connectivity index (χ2n) is 5.16. The number of benzene rings is 2. The largest absolute Gasteiger partial charge is 0.417 e. The van der Waals surface area contributed by atoms with Gasteiger partial charge in [0.05, 0.1) is 15.6 Å². The van der Waals surface area contributed by atoms with Crippen molar-refractivity contribution in [3.63, 3.8) is 0 Å². The van der Waals surface area contributed by atoms with Crippen LogP contribution in [0, 0.1) is 0 Å². The van der Waals surface area contributed by atoms with Gasteiger partial charge < -0.3 is 4.74 Å². The van der Waals surface area contributed by atoms with Crippen molar-refractivity contribution in [1.82, 2.24) is 4.98 Å². The lowest BCUT2D eigenvalue weighted by Crippen LogP contribution is -2.18. The van der Waals surface area contributed by atoms with Crippen LogP contribution in [0.5, 0.6) is 5.75 Å². The zero-order valence-electron chi connectivity index (χ0n) is 12.8. The number of nitrogens with one attached hydrogen (secondary N) is 1. The Balaban J connectivity index is 1.87. The second-order valence-corrected chi connectivity index (χ2v) is 5.98. The van der Waals surface area contributed by atoms with Crippen molar-refractivity contribution in [3.05, 3.63) is 64.3 Å². The minimum atomic E-state index is -4.53. The highest BCUT2D eigenvalue weighted by Gasteiger charge is 2.30. The highest BCUT2D eigenvalue weighted by Crippen LogP contribution is 2.37. The summed E-state index contributed by atoms with van der Waals surface area (Å²) in [7, 11) is 0. The van der Waals surface area contributed by atoms with Gasteiger partial charge in [0.15, 0.2) is 5.75 Å². The van der Waals surface area contributed by atoms with E-state index in [9.17, 15) is 18.0 Å². The Morgan fingerprint density at radius 3 is 2.58 bits per heavy atom. The molecule has 0 spiro atoms. The fourth-order valence-electron chi connectivity index (χ4n) is 2.25. The van der Waals surface area contributed by atoms with Crippen molar-refractivity contribution in [1.29, 1.82) is 0 Å². The summed E-state index contributed by atoms with van der Waals surface area (Å²) in [6, 6.07) is 8.86. The Morgan fingerprint density at radius 2 is 1.85 bits per heavy atom. The van der Waals surface area contributed by atoms with Crippen LogP contribution in [0.3, 0.4) is 0 Å². The summed E-state index contributed by atoms with van der Waals surface area (Å²) in [4.78, 5) is 16.2. The fraction of sp³-hybridized carbons (Fsp3) is 0.0588. The van der Waals surface area contributed by atoms with Crippen LogP contribution in [0.2, 0.25) is 10.0 Å². The predicted octanol–water partition coefficient (Wildman–Crippen LogP) is 6.17. The number of hydrogen-bond donors (Lipinski definition) is 1. The minimum Gasteiger partial charge on any atom is -0.406 e. The summed E-state index contributed by atoms with van der Waals surface area (Å²) in [5, 5.41) is 3.11. The molecule has 0 aliphatic rings. The van der Waals surface area contributed by atoms with Crippen LogP contribution in [0.1, 0.15) is 5.56 Å². The van der Waals surface area contributed by atoms with Crippen molar-refractivity contribution in [3.8, 4) is 5.75 Å². The molecule has 0 fully saturated rings. The second kappa shape index (κ2) is 7.01. The summed E-state index contributed by atoms with van der Waals surface area (Å²) in [5.41, 5.74) is -0.719. The number of rotatable bonds is 2. The van der Waals surface area contributed by atoms with Gasteiger partial charge in [0.2, 0.25) is 0 Å². The van der Waals surface area contributed by atoms with Gasteiger partial charge in [-0.25, -0.2) is 4.79 Å². The predicted molar refractivity (Wildman–Crippen MR) is 92.9 cm³/mol. The minimum absolute atomic E-state index is 0.0420. The normalized spacial score (nSPS) is 11.4. The Bertz CT molecular complexity index is 993. The standard InChI is InChI=1S/C17H9Cl2F3N2O2/c18-12-8-13(19)15(14-11(12)5-2-6-23-14)26-16(25)24-10-4-1-3-9(7-10)17(20,21)22/h1-8H,(H,24,25). The quantitative estimate of drug-likeness (QED) is 0.559. The van der Waals surface area contributed by atoms with Crippen molar-refractivity contribution in [2.45, 2.75) is 6.18 Å². The third-order valence-corrected chi connectivity index (χ3v) is 3.97. The first-order chi connectivity index (χ1) is 12.3. The maximum Gasteiger partial charge on any atom is 0.417 e. The van der Waals surface area contributed by atoms with Gasteiger partial charge in [-0.3, -0.25) is 10.3 Å². The summed E-state index contributed by atoms with van der Waals surface area (Å²) < 4.78 is 43.4. The van der Waals surface area contributed by atoms with Gasteiger partial charge in [-0.1, -0.05) is 29.3 Å². The van der Waals surface area contributed by atoms with E-state index < -0.39 is 17.8 Å². The number of aromatic nitrogens is 1. The lowest BCUT2D eigenvalue weighted by molar-refractivity contribution is -0.137. The fourth-order valence-corrected chi connectivity index (χ4v) is 2.81. The van der Waals surface area contributed by atoms with Gasteiger partial charge in [0.25, 0.3) is 0 Å². The molecule has 26 heavy (non-hydrogen) atoms. The van der Waals surface area contributed by atoms with Crippen molar-refractivity contribution in [2.75, 3.05) is 5.32 Å². The van der Waals surface area contributed by atoms with Gasteiger partial charge in [0, 0.05) is 17.3 Å². The lowest BCUT2D eigenvalue weighted by atomic mass is 10.2. The highest BCUT2D eigenvalue weighted by molar-refractivity contribution is 6.39. The molecule has 1 heterocycles. The zero-order chi connectivity index (χ0) is 18.9. The highest BCUT2D eigenvalue weighted by atomic mass is 35.5. The Hall–Kier alpha value is -2.51. The van der Waals surface area contributed by atoms with E-state index in [1.807, 2.05) is 0 Å². The molecule has 3 rings (SSSR count). The van der Waals surface area contributed by atoms with Gasteiger partial charge in [-0.2, -0.15) is 13.2 Å². The molecule has 3 aromatic rings. The number of halogens is 5.